The highest BCUT2D eigenvalue weighted by Gasteiger charge is 2.26. The van der Waals surface area contributed by atoms with Crippen molar-refractivity contribution in [3.63, 3.8) is 0 Å². The molecule has 0 radical (unpaired) electrons. The summed E-state index contributed by atoms with van der Waals surface area (Å²) >= 11 is 0.577. The Morgan fingerprint density at radius 3 is 1.60 bits per heavy atom. The van der Waals surface area contributed by atoms with Crippen LogP contribution in [0.2, 0.25) is 0 Å². The van der Waals surface area contributed by atoms with Gasteiger partial charge in [-0.2, -0.15) is 8.42 Å². The Morgan fingerprint density at radius 1 is 0.604 bits per heavy atom. The van der Waals surface area contributed by atoms with Gasteiger partial charge in [-0.05, 0) is 60.7 Å². The quantitative estimate of drug-likeness (QED) is 0.0729. The molecule has 7 aromatic rings. The van der Waals surface area contributed by atoms with Crippen LogP contribution in [0, 0.1) is 0 Å². The van der Waals surface area contributed by atoms with E-state index in [9.17, 15) is 32.1 Å². The Morgan fingerprint density at radius 2 is 1.06 bits per heavy atom. The number of carbonyl (C=O) groups is 2. The molecule has 0 unspecified atom stereocenters. The van der Waals surface area contributed by atoms with Crippen molar-refractivity contribution in [2.24, 2.45) is 0 Å². The van der Waals surface area contributed by atoms with Crippen LogP contribution in [-0.2, 0) is 19.5 Å². The topological polar surface area (TPSA) is 171 Å². The van der Waals surface area contributed by atoms with Crippen LogP contribution < -0.4 is 10.9 Å². The number of nitrogens with zero attached hydrogens (tertiary/aromatic N) is 2. The first kappa shape index (κ1) is 31.1. The number of pyridine rings is 2. The van der Waals surface area contributed by atoms with Crippen LogP contribution in [0.1, 0.15) is 20.7 Å². The van der Waals surface area contributed by atoms with E-state index in [1.807, 2.05) is 0 Å². The maximum atomic E-state index is 14.4. The third kappa shape index (κ3) is 5.00. The van der Waals surface area contributed by atoms with Crippen molar-refractivity contribution in [3.05, 3.63) is 141 Å². The Balaban J connectivity index is 1.63. The summed E-state index contributed by atoms with van der Waals surface area (Å²) in [5.74, 6) is -1.50. The van der Waals surface area contributed by atoms with Gasteiger partial charge in [-0.1, -0.05) is 53.6 Å². The standard InChI is InChI=1S/C34H20N2O10S2/c37-31-19-9-1-5-13-25(19)35(33(39)21-11-3-7-15-29(21)47-46-45-41)27-17-24-28(18-23(27)31)36(26-14-6-2-10-20(26)32(24)38)34(40)22-12-4-8-16-30(22)48(42,43)44/h1-18,41H,(H,42,43,44). The molecule has 238 valence electrons. The van der Waals surface area contributed by atoms with Crippen LogP contribution >= 0.6 is 12.0 Å². The molecule has 0 atom stereocenters. The Bertz CT molecular complexity index is 2740. The summed E-state index contributed by atoms with van der Waals surface area (Å²) in [4.78, 5) is 56.4. The van der Waals surface area contributed by atoms with E-state index in [-0.39, 0.29) is 59.6 Å². The van der Waals surface area contributed by atoms with Crippen LogP contribution in [0.4, 0.5) is 0 Å². The minimum absolute atomic E-state index is 0.0195. The molecule has 2 heterocycles. The zero-order valence-corrected chi connectivity index (χ0v) is 25.9. The van der Waals surface area contributed by atoms with Crippen molar-refractivity contribution in [1.82, 2.24) is 9.13 Å². The molecular weight excluding hydrogens is 661 g/mol. The van der Waals surface area contributed by atoms with E-state index in [0.29, 0.717) is 12.0 Å². The van der Waals surface area contributed by atoms with E-state index in [4.69, 9.17) is 5.26 Å². The highest BCUT2D eigenvalue weighted by molar-refractivity contribution is 7.94. The summed E-state index contributed by atoms with van der Waals surface area (Å²) in [7, 11) is -4.84. The van der Waals surface area contributed by atoms with Gasteiger partial charge < -0.3 is 0 Å². The predicted molar refractivity (Wildman–Crippen MR) is 178 cm³/mol. The van der Waals surface area contributed by atoms with Gasteiger partial charge >= 0.3 is 0 Å². The molecule has 5 aromatic carbocycles. The summed E-state index contributed by atoms with van der Waals surface area (Å²) in [6, 6.07) is 26.6. The highest BCUT2D eigenvalue weighted by Crippen LogP contribution is 2.31. The number of benzene rings is 5. The lowest BCUT2D eigenvalue weighted by Crippen LogP contribution is -2.22. The molecule has 0 bridgehead atoms. The Hall–Kier alpha value is -5.48. The maximum Gasteiger partial charge on any atom is 0.295 e. The summed E-state index contributed by atoms with van der Waals surface area (Å²) in [5.41, 5.74) is -0.885. The monoisotopic (exact) mass is 680 g/mol. The van der Waals surface area contributed by atoms with Gasteiger partial charge in [0.25, 0.3) is 21.9 Å². The second-order valence-corrected chi connectivity index (χ2v) is 12.7. The number of hydrogen-bond acceptors (Lipinski definition) is 10. The van der Waals surface area contributed by atoms with Gasteiger partial charge in [-0.15, -0.1) is 4.33 Å². The van der Waals surface area contributed by atoms with Gasteiger partial charge in [0.2, 0.25) is 0 Å². The first-order valence-corrected chi connectivity index (χ1v) is 16.2. The van der Waals surface area contributed by atoms with Gasteiger partial charge in [-0.3, -0.25) is 32.9 Å². The van der Waals surface area contributed by atoms with Crippen LogP contribution in [0.3, 0.4) is 0 Å². The van der Waals surface area contributed by atoms with Crippen molar-refractivity contribution in [3.8, 4) is 0 Å². The van der Waals surface area contributed by atoms with Gasteiger partial charge in [-0.25, -0.2) is 5.26 Å². The molecule has 0 fully saturated rings. The molecule has 0 aliphatic carbocycles. The summed E-state index contributed by atoms with van der Waals surface area (Å²) in [6.07, 6.45) is 0. The van der Waals surface area contributed by atoms with Crippen molar-refractivity contribution in [2.45, 2.75) is 9.79 Å². The second-order valence-electron chi connectivity index (χ2n) is 10.6. The van der Waals surface area contributed by atoms with Crippen LogP contribution in [0.15, 0.2) is 129 Å². The largest absolute Gasteiger partial charge is 0.295 e. The fourth-order valence-electron chi connectivity index (χ4n) is 5.90. The molecule has 0 amide bonds. The van der Waals surface area contributed by atoms with E-state index in [1.165, 1.54) is 59.2 Å². The lowest BCUT2D eigenvalue weighted by atomic mass is 10.0. The van der Waals surface area contributed by atoms with Crippen LogP contribution in [0.5, 0.6) is 0 Å². The van der Waals surface area contributed by atoms with E-state index < -0.39 is 37.7 Å². The SMILES string of the molecule is O=C(c1ccccc1SOOO)n1c2ccccc2c(=O)c2cc3c(cc21)c(=O)c1ccccc1n3C(=O)c1ccccc1S(=O)(=O)O. The van der Waals surface area contributed by atoms with Gasteiger partial charge in [0.1, 0.15) is 4.90 Å². The molecule has 14 heteroatoms. The second kappa shape index (κ2) is 12.0. The molecular formula is C34H20N2O10S2. The average molecular weight is 681 g/mol. The van der Waals surface area contributed by atoms with E-state index in [1.54, 1.807) is 48.5 Å². The number of para-hydroxylation sites is 2. The molecule has 0 aliphatic heterocycles. The zero-order chi connectivity index (χ0) is 33.7. The summed E-state index contributed by atoms with van der Waals surface area (Å²) in [6.45, 7) is 0. The first-order valence-electron chi connectivity index (χ1n) is 14.1. The fourth-order valence-corrected chi connectivity index (χ4v) is 7.06. The minimum atomic E-state index is -4.84. The van der Waals surface area contributed by atoms with Gasteiger partial charge in [0.05, 0.1) is 50.1 Å². The Kier molecular flexibility index (Phi) is 7.75. The molecule has 0 spiro atoms. The molecule has 0 saturated carbocycles. The number of rotatable bonds is 6. The molecule has 2 aromatic heterocycles. The first-order chi connectivity index (χ1) is 23.1. The van der Waals surface area contributed by atoms with Crippen molar-refractivity contribution in [2.75, 3.05) is 0 Å². The molecule has 2 N–H and O–H groups in total. The van der Waals surface area contributed by atoms with Gasteiger partial charge in [0.15, 0.2) is 10.9 Å². The number of fused-ring (bicyclic) bond motifs is 4. The number of carbonyl (C=O) groups excluding carboxylic acids is 2. The molecule has 0 aliphatic rings. The van der Waals surface area contributed by atoms with Crippen molar-refractivity contribution in [1.29, 1.82) is 0 Å². The third-order valence-electron chi connectivity index (χ3n) is 7.94. The Labute approximate surface area is 273 Å². The van der Waals surface area contributed by atoms with E-state index in [2.05, 4.69) is 9.37 Å². The number of aromatic nitrogens is 2. The average Bonchev–Trinajstić information content (AvgIpc) is 3.10. The lowest BCUT2D eigenvalue weighted by Gasteiger charge is -2.18. The fraction of sp³-hybridized carbons (Fsp3) is 0. The van der Waals surface area contributed by atoms with E-state index >= 15 is 0 Å². The third-order valence-corrected chi connectivity index (χ3v) is 9.51. The zero-order valence-electron chi connectivity index (χ0n) is 24.3. The highest BCUT2D eigenvalue weighted by atomic mass is 32.2. The van der Waals surface area contributed by atoms with Crippen molar-refractivity contribution < 1.29 is 37.2 Å². The van der Waals surface area contributed by atoms with Crippen molar-refractivity contribution >= 4 is 77.6 Å². The smallest absolute Gasteiger partial charge is 0.288 e. The minimum Gasteiger partial charge on any atom is -0.288 e. The normalized spacial score (nSPS) is 11.9. The summed E-state index contributed by atoms with van der Waals surface area (Å²) in [5, 5.41) is 12.6. The molecule has 48 heavy (non-hydrogen) atoms. The maximum absolute atomic E-state index is 14.4. The molecule has 12 nitrogen and oxygen atoms in total. The van der Waals surface area contributed by atoms with Crippen LogP contribution in [0.25, 0.3) is 43.6 Å². The summed E-state index contributed by atoms with van der Waals surface area (Å²) < 4.78 is 41.4. The number of hydrogen-bond donors (Lipinski definition) is 2. The van der Waals surface area contributed by atoms with Gasteiger partial charge in [0, 0.05) is 21.5 Å². The lowest BCUT2D eigenvalue weighted by molar-refractivity contribution is -0.432. The predicted octanol–water partition coefficient (Wildman–Crippen LogP) is 5.67. The van der Waals surface area contributed by atoms with Crippen LogP contribution in [-0.4, -0.2) is 39.2 Å². The van der Waals surface area contributed by atoms with E-state index in [0.717, 1.165) is 10.6 Å². The molecule has 0 saturated heterocycles. The molecule has 7 rings (SSSR count).